The second-order valence-corrected chi connectivity index (χ2v) is 7.12. The lowest BCUT2D eigenvalue weighted by Gasteiger charge is -2.16. The molecule has 0 unspecified atom stereocenters. The number of hydrogen-bond acceptors (Lipinski definition) is 5. The monoisotopic (exact) mass is 429 g/mol. The quantitative estimate of drug-likeness (QED) is 0.545. The van der Waals surface area contributed by atoms with Gasteiger partial charge in [-0.05, 0) is 37.5 Å². The molecule has 1 heterocycles. The highest BCUT2D eigenvalue weighted by atomic mass is 35.5. The summed E-state index contributed by atoms with van der Waals surface area (Å²) in [7, 11) is 0. The number of hydrogen-bond donors (Lipinski definition) is 2. The number of nitrogens with zero attached hydrogens (tertiary/aromatic N) is 1. The van der Waals surface area contributed by atoms with Gasteiger partial charge in [0.05, 0.1) is 16.8 Å². The number of aromatic nitrogens is 1. The molecule has 144 valence electrons. The van der Waals surface area contributed by atoms with Crippen LogP contribution in [-0.4, -0.2) is 23.5 Å². The molecule has 0 radical (unpaired) electrons. The van der Waals surface area contributed by atoms with Crippen molar-refractivity contribution >= 4 is 52.4 Å². The molecule has 0 bridgehead atoms. The van der Waals surface area contributed by atoms with Gasteiger partial charge in [0, 0.05) is 0 Å². The van der Waals surface area contributed by atoms with E-state index in [0.29, 0.717) is 0 Å². The molecule has 2 aromatic rings. The number of benzene rings is 1. The van der Waals surface area contributed by atoms with Gasteiger partial charge in [0.1, 0.15) is 5.02 Å². The van der Waals surface area contributed by atoms with Crippen LogP contribution in [0, 0.1) is 13.8 Å². The Hall–Kier alpha value is -2.02. The van der Waals surface area contributed by atoms with Crippen LogP contribution < -0.4 is 11.1 Å². The maximum absolute atomic E-state index is 12.1. The van der Waals surface area contributed by atoms with E-state index in [4.69, 9.17) is 45.3 Å². The number of anilines is 1. The van der Waals surface area contributed by atoms with Crippen LogP contribution >= 0.6 is 34.8 Å². The molecule has 0 aliphatic carbocycles. The summed E-state index contributed by atoms with van der Waals surface area (Å²) in [5.41, 5.74) is 8.49. The summed E-state index contributed by atoms with van der Waals surface area (Å²) >= 11 is 17.5. The highest BCUT2D eigenvalue weighted by Gasteiger charge is 2.22. The zero-order valence-corrected chi connectivity index (χ0v) is 17.2. The van der Waals surface area contributed by atoms with Crippen LogP contribution in [0.1, 0.15) is 40.1 Å². The van der Waals surface area contributed by atoms with Crippen LogP contribution in [0.4, 0.5) is 5.69 Å². The summed E-state index contributed by atoms with van der Waals surface area (Å²) in [6.45, 7) is 5.33. The van der Waals surface area contributed by atoms with Crippen molar-refractivity contribution in [2.45, 2.75) is 26.8 Å². The average molecular weight is 431 g/mol. The molecule has 3 N–H and O–H groups in total. The summed E-state index contributed by atoms with van der Waals surface area (Å²) in [6, 6.07) is 5.66. The van der Waals surface area contributed by atoms with E-state index >= 15 is 0 Å². The molecule has 0 saturated carbocycles. The molecule has 1 aromatic heterocycles. The van der Waals surface area contributed by atoms with Crippen molar-refractivity contribution in [1.29, 1.82) is 0 Å². The average Bonchev–Trinajstić information content (AvgIpc) is 2.63. The van der Waals surface area contributed by atoms with Crippen molar-refractivity contribution in [3.05, 3.63) is 55.8 Å². The minimum atomic E-state index is -0.931. The fourth-order valence-corrected chi connectivity index (χ4v) is 2.85. The van der Waals surface area contributed by atoms with Gasteiger partial charge in [-0.1, -0.05) is 53.0 Å². The number of aryl methyl sites for hydroxylation is 2. The van der Waals surface area contributed by atoms with Gasteiger partial charge in [0.25, 0.3) is 5.91 Å². The van der Waals surface area contributed by atoms with E-state index in [9.17, 15) is 9.59 Å². The molecule has 1 amide bonds. The summed E-state index contributed by atoms with van der Waals surface area (Å²) in [4.78, 5) is 27.9. The fourth-order valence-electron chi connectivity index (χ4n) is 2.27. The predicted molar refractivity (Wildman–Crippen MR) is 106 cm³/mol. The maximum atomic E-state index is 12.1. The Morgan fingerprint density at radius 3 is 2.48 bits per heavy atom. The third kappa shape index (κ3) is 5.03. The molecular weight excluding hydrogens is 413 g/mol. The smallest absolute Gasteiger partial charge is 0.359 e. The molecule has 1 aromatic carbocycles. The Labute approximate surface area is 171 Å². The van der Waals surface area contributed by atoms with Crippen LogP contribution in [0.25, 0.3) is 0 Å². The third-order valence-corrected chi connectivity index (χ3v) is 5.14. The van der Waals surface area contributed by atoms with Crippen LogP contribution in [0.2, 0.25) is 15.2 Å². The largest absolute Gasteiger partial charge is 0.451 e. The van der Waals surface area contributed by atoms with Crippen molar-refractivity contribution in [3.8, 4) is 0 Å². The van der Waals surface area contributed by atoms with Gasteiger partial charge in [-0.3, -0.25) is 4.79 Å². The second-order valence-electron chi connectivity index (χ2n) is 6.00. The SMILES string of the molecule is Cc1ccc([C@H](C)NC(=O)COC(=O)c2nc(Cl)c(Cl)c(N)c2Cl)cc1C. The topological polar surface area (TPSA) is 94.3 Å². The lowest BCUT2D eigenvalue weighted by molar-refractivity contribution is -0.124. The first-order valence-electron chi connectivity index (χ1n) is 7.95. The van der Waals surface area contributed by atoms with Crippen LogP contribution in [0.5, 0.6) is 0 Å². The van der Waals surface area contributed by atoms with Gasteiger partial charge in [-0.15, -0.1) is 0 Å². The molecule has 27 heavy (non-hydrogen) atoms. The van der Waals surface area contributed by atoms with Crippen molar-refractivity contribution < 1.29 is 14.3 Å². The number of rotatable bonds is 5. The zero-order chi connectivity index (χ0) is 20.3. The van der Waals surface area contributed by atoms with E-state index < -0.39 is 18.5 Å². The van der Waals surface area contributed by atoms with E-state index in [1.54, 1.807) is 0 Å². The van der Waals surface area contributed by atoms with Crippen molar-refractivity contribution in [3.63, 3.8) is 0 Å². The standard InChI is InChI=1S/C18H18Cl3N3O3/c1-8-4-5-11(6-9(8)2)10(3)23-12(25)7-27-18(26)16-13(19)15(22)14(20)17(21)24-16/h4-6,10H,7H2,1-3H3,(H2,22,24)(H,23,25)/t10-/m0/s1. The third-order valence-electron chi connectivity index (χ3n) is 4.01. The molecule has 9 heteroatoms. The number of esters is 1. The Kier molecular flexibility index (Phi) is 6.92. The lowest BCUT2D eigenvalue weighted by Crippen LogP contribution is -2.31. The first-order valence-corrected chi connectivity index (χ1v) is 9.08. The molecule has 0 aliphatic heterocycles. The number of ether oxygens (including phenoxy) is 1. The summed E-state index contributed by atoms with van der Waals surface area (Å²) in [5.74, 6) is -1.41. The lowest BCUT2D eigenvalue weighted by atomic mass is 10.0. The number of carbonyl (C=O) groups is 2. The number of nitrogens with one attached hydrogen (secondary N) is 1. The number of pyridine rings is 1. The van der Waals surface area contributed by atoms with Crippen molar-refractivity contribution in [2.75, 3.05) is 12.3 Å². The van der Waals surface area contributed by atoms with E-state index in [1.807, 2.05) is 39.0 Å². The second kappa shape index (κ2) is 8.78. The number of halogens is 3. The molecule has 0 aliphatic rings. The molecule has 6 nitrogen and oxygen atoms in total. The molecule has 2 rings (SSSR count). The minimum absolute atomic E-state index is 0.0572. The van der Waals surface area contributed by atoms with E-state index in [2.05, 4.69) is 10.3 Å². The van der Waals surface area contributed by atoms with Gasteiger partial charge in [0.15, 0.2) is 17.5 Å². The predicted octanol–water partition coefficient (Wildman–Crippen LogP) is 4.28. The summed E-state index contributed by atoms with van der Waals surface area (Å²) in [5, 5.41) is 2.33. The van der Waals surface area contributed by atoms with Crippen LogP contribution in [0.3, 0.4) is 0 Å². The maximum Gasteiger partial charge on any atom is 0.359 e. The molecule has 0 saturated heterocycles. The Bertz CT molecular complexity index is 903. The minimum Gasteiger partial charge on any atom is -0.451 e. The number of amides is 1. The fraction of sp³-hybridized carbons (Fsp3) is 0.278. The molecule has 0 fully saturated rings. The van der Waals surface area contributed by atoms with Crippen LogP contribution in [-0.2, 0) is 9.53 Å². The number of carbonyl (C=O) groups excluding carboxylic acids is 2. The normalized spacial score (nSPS) is 11.8. The van der Waals surface area contributed by atoms with Gasteiger partial charge in [-0.2, -0.15) is 0 Å². The van der Waals surface area contributed by atoms with Gasteiger partial charge >= 0.3 is 5.97 Å². The number of nitrogen functional groups attached to an aromatic ring is 1. The summed E-state index contributed by atoms with van der Waals surface area (Å²) < 4.78 is 4.94. The van der Waals surface area contributed by atoms with E-state index in [0.717, 1.165) is 16.7 Å². The van der Waals surface area contributed by atoms with Crippen molar-refractivity contribution in [2.24, 2.45) is 0 Å². The highest BCUT2D eigenvalue weighted by molar-refractivity contribution is 6.46. The van der Waals surface area contributed by atoms with Crippen molar-refractivity contribution in [1.82, 2.24) is 10.3 Å². The molecular formula is C18H18Cl3N3O3. The Morgan fingerprint density at radius 2 is 1.85 bits per heavy atom. The molecule has 1 atom stereocenters. The highest BCUT2D eigenvalue weighted by Crippen LogP contribution is 2.34. The molecule has 0 spiro atoms. The van der Waals surface area contributed by atoms with E-state index in [1.165, 1.54) is 0 Å². The summed E-state index contributed by atoms with van der Waals surface area (Å²) in [6.07, 6.45) is 0. The van der Waals surface area contributed by atoms with E-state index in [-0.39, 0.29) is 32.6 Å². The van der Waals surface area contributed by atoms with Gasteiger partial charge < -0.3 is 15.8 Å². The van der Waals surface area contributed by atoms with Gasteiger partial charge in [0.2, 0.25) is 0 Å². The Balaban J connectivity index is 1.99. The van der Waals surface area contributed by atoms with Crippen LogP contribution in [0.15, 0.2) is 18.2 Å². The first-order chi connectivity index (χ1) is 12.6. The zero-order valence-electron chi connectivity index (χ0n) is 14.9. The first kappa shape index (κ1) is 21.3. The Morgan fingerprint density at radius 1 is 1.19 bits per heavy atom. The number of nitrogens with two attached hydrogens (primary N) is 1. The van der Waals surface area contributed by atoms with Gasteiger partial charge in [-0.25, -0.2) is 9.78 Å².